The number of anilines is 1. The van der Waals surface area contributed by atoms with Gasteiger partial charge in [0.25, 0.3) is 5.91 Å². The third-order valence-corrected chi connectivity index (χ3v) is 5.85. The maximum Gasteiger partial charge on any atom is 0.258 e. The summed E-state index contributed by atoms with van der Waals surface area (Å²) in [6.07, 6.45) is 5.00. The number of carbonyl (C=O) groups excluding carboxylic acids is 2. The average Bonchev–Trinajstić information content (AvgIpc) is 3.45. The van der Waals surface area contributed by atoms with Crippen LogP contribution in [0.3, 0.4) is 0 Å². The first-order valence-corrected chi connectivity index (χ1v) is 10.9. The van der Waals surface area contributed by atoms with Crippen molar-refractivity contribution in [3.8, 4) is 11.3 Å². The Labute approximate surface area is 186 Å². The second-order valence-corrected chi connectivity index (χ2v) is 8.01. The molecule has 4 aromatic rings. The lowest BCUT2D eigenvalue weighted by atomic mass is 10.1. The van der Waals surface area contributed by atoms with Crippen molar-refractivity contribution >= 4 is 17.5 Å². The molecule has 1 aliphatic rings. The van der Waals surface area contributed by atoms with Crippen LogP contribution in [0.25, 0.3) is 11.3 Å². The van der Waals surface area contributed by atoms with Crippen LogP contribution in [0.15, 0.2) is 79.1 Å². The van der Waals surface area contributed by atoms with E-state index in [0.717, 1.165) is 35.5 Å². The van der Waals surface area contributed by atoms with E-state index in [1.54, 1.807) is 6.20 Å². The Morgan fingerprint density at radius 2 is 1.72 bits per heavy atom. The first-order chi connectivity index (χ1) is 15.6. The molecule has 0 N–H and O–H groups in total. The summed E-state index contributed by atoms with van der Waals surface area (Å²) in [7, 11) is 0. The largest absolute Gasteiger partial charge is 0.345 e. The lowest BCUT2D eigenvalue weighted by Gasteiger charge is -2.23. The summed E-state index contributed by atoms with van der Waals surface area (Å²) in [5, 5.41) is 4.39. The van der Waals surface area contributed by atoms with E-state index in [9.17, 15) is 9.59 Å². The van der Waals surface area contributed by atoms with E-state index in [0.29, 0.717) is 24.2 Å². The van der Waals surface area contributed by atoms with Crippen molar-refractivity contribution in [3.63, 3.8) is 0 Å². The lowest BCUT2D eigenvalue weighted by molar-refractivity contribution is 0.0885. The zero-order valence-electron chi connectivity index (χ0n) is 17.9. The minimum Gasteiger partial charge on any atom is -0.345 e. The number of amides is 1. The quantitative estimate of drug-likeness (QED) is 0.463. The molecule has 0 aliphatic carbocycles. The number of hydrogen-bond donors (Lipinski definition) is 0. The Kier molecular flexibility index (Phi) is 5.19. The predicted octanol–water partition coefficient (Wildman–Crippen LogP) is 5.00. The molecule has 32 heavy (non-hydrogen) atoms. The lowest BCUT2D eigenvalue weighted by Crippen LogP contribution is -2.30. The number of para-hydroxylation sites is 1. The van der Waals surface area contributed by atoms with Crippen LogP contribution in [0.4, 0.5) is 5.69 Å². The van der Waals surface area contributed by atoms with Crippen molar-refractivity contribution in [2.45, 2.75) is 32.9 Å². The van der Waals surface area contributed by atoms with E-state index in [4.69, 9.17) is 0 Å². The van der Waals surface area contributed by atoms with E-state index in [1.165, 1.54) is 4.68 Å². The highest BCUT2D eigenvalue weighted by Crippen LogP contribution is 2.29. The monoisotopic (exact) mass is 424 g/mol. The van der Waals surface area contributed by atoms with Crippen LogP contribution < -0.4 is 4.90 Å². The molecule has 3 heterocycles. The summed E-state index contributed by atoms with van der Waals surface area (Å²) in [6.45, 7) is 3.24. The molecule has 0 atom stereocenters. The minimum absolute atomic E-state index is 0.0184. The zero-order valence-corrected chi connectivity index (χ0v) is 17.9. The first-order valence-electron chi connectivity index (χ1n) is 10.9. The van der Waals surface area contributed by atoms with E-state index in [2.05, 4.69) is 28.0 Å². The fraction of sp³-hybridized carbons (Fsp3) is 0.192. The van der Waals surface area contributed by atoms with Crippen molar-refractivity contribution in [1.29, 1.82) is 0 Å². The number of carbonyl (C=O) groups is 2. The van der Waals surface area contributed by atoms with Crippen molar-refractivity contribution in [3.05, 3.63) is 95.9 Å². The van der Waals surface area contributed by atoms with Gasteiger partial charge in [-0.1, -0.05) is 37.3 Å². The number of fused-ring (bicyclic) bond motifs is 2. The van der Waals surface area contributed by atoms with Gasteiger partial charge < -0.3 is 9.47 Å². The van der Waals surface area contributed by atoms with E-state index >= 15 is 0 Å². The van der Waals surface area contributed by atoms with Gasteiger partial charge in [0.15, 0.2) is 0 Å². The molecule has 0 bridgehead atoms. The van der Waals surface area contributed by atoms with Gasteiger partial charge in [-0.2, -0.15) is 5.10 Å². The first kappa shape index (κ1) is 20.0. The SMILES string of the molecule is CCCC(=O)n1ccc(-c2ccc(C(=O)N3Cc4cccn4Cc4ccccc43)cc2)n1. The summed E-state index contributed by atoms with van der Waals surface area (Å²) in [5.41, 5.74) is 5.37. The van der Waals surface area contributed by atoms with Crippen LogP contribution in [0.1, 0.15) is 46.2 Å². The third-order valence-electron chi connectivity index (χ3n) is 5.85. The molecule has 0 radical (unpaired) electrons. The standard InChI is InChI=1S/C26H24N4O2/c1-2-6-25(31)30-16-14-23(27-30)19-10-12-20(13-11-19)26(32)29-18-22-8-5-15-28(22)17-21-7-3-4-9-24(21)29/h3-5,7-16H,2,6,17-18H2,1H3. The summed E-state index contributed by atoms with van der Waals surface area (Å²) in [6, 6.07) is 21.4. The number of hydrogen-bond acceptors (Lipinski definition) is 3. The molecule has 1 aliphatic heterocycles. The molecule has 0 saturated heterocycles. The number of aromatic nitrogens is 3. The van der Waals surface area contributed by atoms with Gasteiger partial charge in [0, 0.05) is 47.9 Å². The molecule has 0 unspecified atom stereocenters. The molecule has 160 valence electrons. The third kappa shape index (κ3) is 3.64. The van der Waals surface area contributed by atoms with Crippen LogP contribution in [-0.4, -0.2) is 26.2 Å². The van der Waals surface area contributed by atoms with Gasteiger partial charge in [-0.05, 0) is 48.4 Å². The molecule has 0 saturated carbocycles. The molecule has 6 heteroatoms. The highest BCUT2D eigenvalue weighted by molar-refractivity contribution is 6.06. The number of nitrogens with zero attached hydrogens (tertiary/aromatic N) is 4. The molecular formula is C26H24N4O2. The van der Waals surface area contributed by atoms with Gasteiger partial charge in [-0.25, -0.2) is 4.68 Å². The van der Waals surface area contributed by atoms with Gasteiger partial charge in [0.2, 0.25) is 5.91 Å². The second kappa shape index (κ2) is 8.30. The Morgan fingerprint density at radius 1 is 0.906 bits per heavy atom. The van der Waals surface area contributed by atoms with Crippen LogP contribution in [0, 0.1) is 0 Å². The molecule has 1 amide bonds. The predicted molar refractivity (Wildman–Crippen MR) is 124 cm³/mol. The zero-order chi connectivity index (χ0) is 22.1. The van der Waals surface area contributed by atoms with E-state index < -0.39 is 0 Å². The van der Waals surface area contributed by atoms with Crippen molar-refractivity contribution in [2.75, 3.05) is 4.90 Å². The van der Waals surface area contributed by atoms with Crippen LogP contribution in [0.5, 0.6) is 0 Å². The Bertz CT molecular complexity index is 1280. The highest BCUT2D eigenvalue weighted by Gasteiger charge is 2.24. The number of benzene rings is 2. The Morgan fingerprint density at radius 3 is 2.53 bits per heavy atom. The van der Waals surface area contributed by atoms with Gasteiger partial charge in [0.05, 0.1) is 12.2 Å². The molecule has 2 aromatic carbocycles. The fourth-order valence-corrected chi connectivity index (χ4v) is 4.15. The molecule has 6 nitrogen and oxygen atoms in total. The van der Waals surface area contributed by atoms with Gasteiger partial charge >= 0.3 is 0 Å². The Balaban J connectivity index is 1.42. The van der Waals surface area contributed by atoms with Gasteiger partial charge in [0.1, 0.15) is 0 Å². The maximum absolute atomic E-state index is 13.5. The normalized spacial score (nSPS) is 12.7. The van der Waals surface area contributed by atoms with Crippen molar-refractivity contribution < 1.29 is 9.59 Å². The smallest absolute Gasteiger partial charge is 0.258 e. The van der Waals surface area contributed by atoms with Crippen LogP contribution >= 0.6 is 0 Å². The van der Waals surface area contributed by atoms with Gasteiger partial charge in [-0.3, -0.25) is 9.59 Å². The summed E-state index contributed by atoms with van der Waals surface area (Å²) in [4.78, 5) is 27.4. The summed E-state index contributed by atoms with van der Waals surface area (Å²) < 4.78 is 3.58. The fourth-order valence-electron chi connectivity index (χ4n) is 4.15. The average molecular weight is 425 g/mol. The molecule has 2 aromatic heterocycles. The highest BCUT2D eigenvalue weighted by atomic mass is 16.2. The van der Waals surface area contributed by atoms with Crippen LogP contribution in [0.2, 0.25) is 0 Å². The Hall–Kier alpha value is -3.93. The maximum atomic E-state index is 13.5. The van der Waals surface area contributed by atoms with E-state index in [1.807, 2.05) is 66.4 Å². The van der Waals surface area contributed by atoms with E-state index in [-0.39, 0.29) is 11.8 Å². The van der Waals surface area contributed by atoms with Crippen molar-refractivity contribution in [1.82, 2.24) is 14.3 Å². The minimum atomic E-state index is -0.0395. The molecule has 0 fully saturated rings. The van der Waals surface area contributed by atoms with Crippen molar-refractivity contribution in [2.24, 2.45) is 0 Å². The number of rotatable bonds is 4. The summed E-state index contributed by atoms with van der Waals surface area (Å²) >= 11 is 0. The topological polar surface area (TPSA) is 60.1 Å². The van der Waals surface area contributed by atoms with Gasteiger partial charge in [-0.15, -0.1) is 0 Å². The second-order valence-electron chi connectivity index (χ2n) is 8.01. The molecule has 0 spiro atoms. The summed E-state index contributed by atoms with van der Waals surface area (Å²) in [5.74, 6) is -0.0579. The molecule has 5 rings (SSSR count). The van der Waals surface area contributed by atoms with Crippen LogP contribution in [-0.2, 0) is 13.1 Å². The molecular weight excluding hydrogens is 400 g/mol.